The van der Waals surface area contributed by atoms with Gasteiger partial charge in [0.15, 0.2) is 5.69 Å². The minimum atomic E-state index is -0.418. The molecule has 1 heterocycles. The second kappa shape index (κ2) is 4.30. The van der Waals surface area contributed by atoms with E-state index in [1.807, 2.05) is 4.57 Å². The standard InChI is InChI=1S/C13H19N3O2/c1-2-18-13(17)10-12(14)16(7-15-10)11(8-3-4-8)9-5-6-9/h7-9,11H,2-6,14H2,1H3. The highest BCUT2D eigenvalue weighted by atomic mass is 16.5. The Kier molecular flexibility index (Phi) is 2.76. The van der Waals surface area contributed by atoms with Gasteiger partial charge in [0.25, 0.3) is 0 Å². The third-order valence-electron chi connectivity index (χ3n) is 3.83. The van der Waals surface area contributed by atoms with Gasteiger partial charge in [-0.1, -0.05) is 0 Å². The van der Waals surface area contributed by atoms with Crippen LogP contribution in [0.1, 0.15) is 49.1 Å². The Bertz CT molecular complexity index is 449. The van der Waals surface area contributed by atoms with E-state index in [0.29, 0.717) is 18.5 Å². The fourth-order valence-corrected chi connectivity index (χ4v) is 2.68. The highest BCUT2D eigenvalue weighted by molar-refractivity contribution is 5.92. The van der Waals surface area contributed by atoms with Crippen molar-refractivity contribution in [3.8, 4) is 0 Å². The minimum Gasteiger partial charge on any atom is -0.461 e. The molecule has 0 bridgehead atoms. The lowest BCUT2D eigenvalue weighted by Crippen LogP contribution is -2.16. The number of hydrogen-bond donors (Lipinski definition) is 1. The Morgan fingerprint density at radius 3 is 2.61 bits per heavy atom. The maximum absolute atomic E-state index is 11.7. The Labute approximate surface area is 106 Å². The number of aromatic nitrogens is 2. The van der Waals surface area contributed by atoms with E-state index in [0.717, 1.165) is 11.8 Å². The van der Waals surface area contributed by atoms with E-state index in [9.17, 15) is 4.79 Å². The number of anilines is 1. The van der Waals surface area contributed by atoms with Crippen LogP contribution >= 0.6 is 0 Å². The highest BCUT2D eigenvalue weighted by Crippen LogP contribution is 2.52. The van der Waals surface area contributed by atoms with E-state index in [1.54, 1.807) is 13.3 Å². The zero-order chi connectivity index (χ0) is 12.7. The molecule has 0 amide bonds. The molecule has 2 saturated carbocycles. The quantitative estimate of drug-likeness (QED) is 0.810. The number of carbonyl (C=O) groups excluding carboxylic acids is 1. The molecule has 5 heteroatoms. The molecule has 2 aliphatic rings. The highest BCUT2D eigenvalue weighted by Gasteiger charge is 2.43. The maximum atomic E-state index is 11.7. The van der Waals surface area contributed by atoms with Crippen molar-refractivity contribution in [2.45, 2.75) is 38.6 Å². The summed E-state index contributed by atoms with van der Waals surface area (Å²) >= 11 is 0. The lowest BCUT2D eigenvalue weighted by Gasteiger charge is -2.18. The van der Waals surface area contributed by atoms with Crippen LogP contribution in [-0.2, 0) is 4.74 Å². The number of esters is 1. The Balaban J connectivity index is 1.85. The monoisotopic (exact) mass is 249 g/mol. The molecular weight excluding hydrogens is 230 g/mol. The lowest BCUT2D eigenvalue weighted by molar-refractivity contribution is 0.0521. The van der Waals surface area contributed by atoms with Gasteiger partial charge in [0.05, 0.1) is 12.9 Å². The second-order valence-corrected chi connectivity index (χ2v) is 5.27. The molecule has 0 atom stereocenters. The van der Waals surface area contributed by atoms with Crippen molar-refractivity contribution in [3.05, 3.63) is 12.0 Å². The molecular formula is C13H19N3O2. The number of nitrogens with zero attached hydrogens (tertiary/aromatic N) is 2. The number of rotatable bonds is 5. The predicted molar refractivity (Wildman–Crippen MR) is 67.1 cm³/mol. The summed E-state index contributed by atoms with van der Waals surface area (Å²) in [6, 6.07) is 0.445. The zero-order valence-electron chi connectivity index (χ0n) is 10.6. The summed E-state index contributed by atoms with van der Waals surface area (Å²) < 4.78 is 6.96. The van der Waals surface area contributed by atoms with Crippen LogP contribution in [0.5, 0.6) is 0 Å². The van der Waals surface area contributed by atoms with Gasteiger partial charge < -0.3 is 15.0 Å². The second-order valence-electron chi connectivity index (χ2n) is 5.27. The molecule has 2 N–H and O–H groups in total. The van der Waals surface area contributed by atoms with Gasteiger partial charge in [0, 0.05) is 6.04 Å². The van der Waals surface area contributed by atoms with Crippen molar-refractivity contribution in [1.29, 1.82) is 0 Å². The van der Waals surface area contributed by atoms with Crippen LogP contribution in [-0.4, -0.2) is 22.1 Å². The van der Waals surface area contributed by atoms with Crippen molar-refractivity contribution < 1.29 is 9.53 Å². The third-order valence-corrected chi connectivity index (χ3v) is 3.83. The fraction of sp³-hybridized carbons (Fsp3) is 0.692. The largest absolute Gasteiger partial charge is 0.461 e. The molecule has 98 valence electrons. The van der Waals surface area contributed by atoms with Gasteiger partial charge in [-0.05, 0) is 44.4 Å². The smallest absolute Gasteiger partial charge is 0.360 e. The van der Waals surface area contributed by atoms with Crippen LogP contribution in [0.2, 0.25) is 0 Å². The normalized spacial score (nSPS) is 19.2. The molecule has 5 nitrogen and oxygen atoms in total. The van der Waals surface area contributed by atoms with Crippen molar-refractivity contribution in [1.82, 2.24) is 9.55 Å². The molecule has 0 unspecified atom stereocenters. The first-order chi connectivity index (χ1) is 8.72. The molecule has 0 spiro atoms. The molecule has 1 aromatic heterocycles. The summed E-state index contributed by atoms with van der Waals surface area (Å²) in [5, 5.41) is 0. The van der Waals surface area contributed by atoms with Crippen LogP contribution < -0.4 is 5.73 Å². The molecule has 0 radical (unpaired) electrons. The van der Waals surface area contributed by atoms with Gasteiger partial charge >= 0.3 is 5.97 Å². The number of ether oxygens (including phenoxy) is 1. The number of imidazole rings is 1. The van der Waals surface area contributed by atoms with Crippen molar-refractivity contribution in [2.75, 3.05) is 12.3 Å². The van der Waals surface area contributed by atoms with Crippen molar-refractivity contribution in [2.24, 2.45) is 11.8 Å². The summed E-state index contributed by atoms with van der Waals surface area (Å²) in [4.78, 5) is 15.8. The van der Waals surface area contributed by atoms with Gasteiger partial charge in [-0.2, -0.15) is 0 Å². The Morgan fingerprint density at radius 2 is 2.11 bits per heavy atom. The summed E-state index contributed by atoms with van der Waals surface area (Å²) in [5.74, 6) is 1.50. The van der Waals surface area contributed by atoms with Gasteiger partial charge in [-0.3, -0.25) is 0 Å². The first-order valence-electron chi connectivity index (χ1n) is 6.71. The average molecular weight is 249 g/mol. The molecule has 18 heavy (non-hydrogen) atoms. The topological polar surface area (TPSA) is 70.1 Å². The van der Waals surface area contributed by atoms with E-state index in [4.69, 9.17) is 10.5 Å². The summed E-state index contributed by atoms with van der Waals surface area (Å²) in [6.45, 7) is 2.13. The molecule has 0 saturated heterocycles. The number of carbonyl (C=O) groups is 1. The van der Waals surface area contributed by atoms with Gasteiger partial charge in [-0.25, -0.2) is 9.78 Å². The first-order valence-corrected chi connectivity index (χ1v) is 6.71. The average Bonchev–Trinajstić information content (AvgIpc) is 3.22. The molecule has 2 fully saturated rings. The zero-order valence-corrected chi connectivity index (χ0v) is 10.6. The molecule has 0 aromatic carbocycles. The summed E-state index contributed by atoms with van der Waals surface area (Å²) in [7, 11) is 0. The predicted octanol–water partition coefficient (Wildman–Crippen LogP) is 2.00. The van der Waals surface area contributed by atoms with E-state index in [2.05, 4.69) is 4.98 Å². The van der Waals surface area contributed by atoms with Crippen LogP contribution in [0, 0.1) is 11.8 Å². The van der Waals surface area contributed by atoms with E-state index in [-0.39, 0.29) is 5.69 Å². The van der Waals surface area contributed by atoms with Crippen LogP contribution in [0.25, 0.3) is 0 Å². The first kappa shape index (κ1) is 11.6. The van der Waals surface area contributed by atoms with Crippen molar-refractivity contribution in [3.63, 3.8) is 0 Å². The fourth-order valence-electron chi connectivity index (χ4n) is 2.68. The molecule has 2 aliphatic carbocycles. The van der Waals surface area contributed by atoms with E-state index in [1.165, 1.54) is 25.7 Å². The van der Waals surface area contributed by atoms with Gasteiger partial charge in [-0.15, -0.1) is 0 Å². The van der Waals surface area contributed by atoms with E-state index < -0.39 is 5.97 Å². The number of nitrogens with two attached hydrogens (primary N) is 1. The molecule has 3 rings (SSSR count). The number of nitrogen functional groups attached to an aromatic ring is 1. The minimum absolute atomic E-state index is 0.267. The van der Waals surface area contributed by atoms with Crippen LogP contribution in [0.4, 0.5) is 5.82 Å². The van der Waals surface area contributed by atoms with Crippen molar-refractivity contribution >= 4 is 11.8 Å². The van der Waals surface area contributed by atoms with Crippen LogP contribution in [0.15, 0.2) is 6.33 Å². The molecule has 1 aromatic rings. The SMILES string of the molecule is CCOC(=O)c1ncn(C(C2CC2)C2CC2)c1N. The molecule has 0 aliphatic heterocycles. The van der Waals surface area contributed by atoms with E-state index >= 15 is 0 Å². The summed E-state index contributed by atoms with van der Waals surface area (Å²) in [5.41, 5.74) is 6.33. The third kappa shape index (κ3) is 1.98. The Morgan fingerprint density at radius 1 is 1.50 bits per heavy atom. The lowest BCUT2D eigenvalue weighted by atomic mass is 10.1. The maximum Gasteiger partial charge on any atom is 0.360 e. The summed E-state index contributed by atoms with van der Waals surface area (Å²) in [6.07, 6.45) is 6.80. The van der Waals surface area contributed by atoms with Gasteiger partial charge in [0.1, 0.15) is 5.82 Å². The Hall–Kier alpha value is -1.52. The van der Waals surface area contributed by atoms with Gasteiger partial charge in [0.2, 0.25) is 0 Å². The number of hydrogen-bond acceptors (Lipinski definition) is 4. The van der Waals surface area contributed by atoms with Crippen LogP contribution in [0.3, 0.4) is 0 Å².